The summed E-state index contributed by atoms with van der Waals surface area (Å²) in [6.07, 6.45) is -5.48. The summed E-state index contributed by atoms with van der Waals surface area (Å²) in [5.74, 6) is -0.508. The molecule has 3 aliphatic rings. The number of benzene rings is 1. The molecule has 1 aromatic rings. The minimum atomic E-state index is -4.96. The van der Waals surface area contributed by atoms with Crippen LogP contribution in [0.1, 0.15) is 61.6 Å². The fraction of sp³-hybridized carbons (Fsp3) is 0.692. The third kappa shape index (κ3) is 7.19. The van der Waals surface area contributed by atoms with E-state index in [0.717, 1.165) is 25.7 Å². The first-order valence-electron chi connectivity index (χ1n) is 13.0. The van der Waals surface area contributed by atoms with E-state index in [-0.39, 0.29) is 49.6 Å². The molecule has 212 valence electrons. The fourth-order valence-electron chi connectivity index (χ4n) is 5.70. The van der Waals surface area contributed by atoms with Crippen molar-refractivity contribution in [2.24, 2.45) is 17.1 Å². The van der Waals surface area contributed by atoms with Gasteiger partial charge >= 0.3 is 12.4 Å². The summed E-state index contributed by atoms with van der Waals surface area (Å²) in [6.45, 7) is 1.13. The van der Waals surface area contributed by atoms with Crippen molar-refractivity contribution in [2.45, 2.75) is 75.9 Å². The molecule has 38 heavy (non-hydrogen) atoms. The number of nitrogens with zero attached hydrogens (tertiary/aromatic N) is 1. The van der Waals surface area contributed by atoms with E-state index in [9.17, 15) is 35.9 Å². The first-order chi connectivity index (χ1) is 17.7. The van der Waals surface area contributed by atoms with Gasteiger partial charge in [-0.05, 0) is 68.2 Å². The van der Waals surface area contributed by atoms with Crippen molar-refractivity contribution in [3.05, 3.63) is 34.9 Å². The number of ether oxygens (including phenoxy) is 1. The van der Waals surface area contributed by atoms with E-state index in [2.05, 4.69) is 5.32 Å². The van der Waals surface area contributed by atoms with Gasteiger partial charge in [-0.1, -0.05) is 12.8 Å². The van der Waals surface area contributed by atoms with E-state index in [0.29, 0.717) is 44.0 Å². The molecule has 0 bridgehead atoms. The molecule has 0 spiro atoms. The molecule has 1 saturated carbocycles. The van der Waals surface area contributed by atoms with Gasteiger partial charge in [0, 0.05) is 25.7 Å². The number of amides is 2. The second-order valence-corrected chi connectivity index (χ2v) is 10.9. The zero-order valence-corrected chi connectivity index (χ0v) is 21.0. The van der Waals surface area contributed by atoms with E-state index in [1.54, 1.807) is 4.90 Å². The molecule has 3 N–H and O–H groups in total. The zero-order chi connectivity index (χ0) is 27.7. The van der Waals surface area contributed by atoms with Crippen molar-refractivity contribution < 1.29 is 40.7 Å². The third-order valence-electron chi connectivity index (χ3n) is 7.94. The Balaban J connectivity index is 1.58. The van der Waals surface area contributed by atoms with Gasteiger partial charge in [0.15, 0.2) is 0 Å². The lowest BCUT2D eigenvalue weighted by atomic mass is 9.70. The van der Waals surface area contributed by atoms with Crippen LogP contribution >= 0.6 is 0 Å². The second-order valence-electron chi connectivity index (χ2n) is 10.9. The van der Waals surface area contributed by atoms with Gasteiger partial charge in [0.25, 0.3) is 0 Å². The average molecular weight is 550 g/mol. The highest BCUT2D eigenvalue weighted by atomic mass is 19.4. The van der Waals surface area contributed by atoms with E-state index in [1.165, 1.54) is 0 Å². The van der Waals surface area contributed by atoms with Crippen LogP contribution in [0.2, 0.25) is 0 Å². The number of rotatable bonds is 9. The highest BCUT2D eigenvalue weighted by molar-refractivity contribution is 5.81. The Morgan fingerprint density at radius 2 is 1.71 bits per heavy atom. The molecule has 2 saturated heterocycles. The maximum absolute atomic E-state index is 13.5. The summed E-state index contributed by atoms with van der Waals surface area (Å²) in [6, 6.07) is 0.883. The molecular weight excluding hydrogens is 516 g/mol. The monoisotopic (exact) mass is 549 g/mol. The van der Waals surface area contributed by atoms with E-state index in [4.69, 9.17) is 10.5 Å². The molecule has 0 aromatic heterocycles. The number of nitrogens with one attached hydrogen (secondary N) is 1. The first kappa shape index (κ1) is 28.7. The lowest BCUT2D eigenvalue weighted by molar-refractivity contribution is -0.143. The van der Waals surface area contributed by atoms with Crippen LogP contribution in [0.5, 0.6) is 0 Å². The van der Waals surface area contributed by atoms with Crippen LogP contribution in [0.3, 0.4) is 0 Å². The van der Waals surface area contributed by atoms with Crippen molar-refractivity contribution >= 4 is 11.8 Å². The second kappa shape index (κ2) is 11.0. The molecule has 2 heterocycles. The van der Waals surface area contributed by atoms with Gasteiger partial charge in [-0.2, -0.15) is 26.3 Å². The van der Waals surface area contributed by atoms with Crippen LogP contribution in [-0.4, -0.2) is 55.1 Å². The van der Waals surface area contributed by atoms with Gasteiger partial charge in [-0.15, -0.1) is 0 Å². The van der Waals surface area contributed by atoms with Crippen LogP contribution in [0.15, 0.2) is 18.2 Å². The number of hydrogen-bond acceptors (Lipinski definition) is 4. The molecule has 2 amide bonds. The topological polar surface area (TPSA) is 84.7 Å². The summed E-state index contributed by atoms with van der Waals surface area (Å²) < 4.78 is 86.2. The SMILES string of the molecule is NC(=O)C1(CC2CC2)CCN(CC(=O)NCC2CCCO2)C(Cc2cc(C(F)(F)F)cc(C(F)(F)F)c2)C1. The maximum Gasteiger partial charge on any atom is 0.416 e. The van der Waals surface area contributed by atoms with Crippen LogP contribution in [0.4, 0.5) is 26.3 Å². The molecule has 1 aliphatic carbocycles. The highest BCUT2D eigenvalue weighted by Gasteiger charge is 2.47. The van der Waals surface area contributed by atoms with E-state index < -0.39 is 40.8 Å². The fourth-order valence-corrected chi connectivity index (χ4v) is 5.70. The Bertz CT molecular complexity index is 988. The standard InChI is InChI=1S/C26H33F6N3O3/c27-25(28,29)18-8-17(9-19(11-18)26(30,31)32)10-20-13-24(23(33)37,12-16-3-4-16)5-6-35(20)15-22(36)34-14-21-2-1-7-38-21/h8-9,11,16,20-21H,1-7,10,12-15H2,(H2,33,37)(H,34,36). The van der Waals surface area contributed by atoms with Gasteiger partial charge < -0.3 is 15.8 Å². The zero-order valence-electron chi connectivity index (χ0n) is 21.0. The van der Waals surface area contributed by atoms with Crippen LogP contribution in [-0.2, 0) is 33.1 Å². The number of carbonyl (C=O) groups is 2. The number of piperidine rings is 1. The molecule has 3 unspecified atom stereocenters. The summed E-state index contributed by atoms with van der Waals surface area (Å²) in [5.41, 5.74) is 1.96. The number of likely N-dealkylation sites (tertiary alicyclic amines) is 1. The third-order valence-corrected chi connectivity index (χ3v) is 7.94. The highest BCUT2D eigenvalue weighted by Crippen LogP contribution is 2.47. The summed E-state index contributed by atoms with van der Waals surface area (Å²) in [7, 11) is 0. The summed E-state index contributed by atoms with van der Waals surface area (Å²) in [4.78, 5) is 27.1. The van der Waals surface area contributed by atoms with Crippen LogP contribution < -0.4 is 11.1 Å². The Morgan fingerprint density at radius 3 is 2.24 bits per heavy atom. The van der Waals surface area contributed by atoms with Gasteiger partial charge in [0.05, 0.1) is 29.2 Å². The molecule has 2 aliphatic heterocycles. The molecule has 12 heteroatoms. The molecule has 4 rings (SSSR count). The molecule has 3 atom stereocenters. The number of halogens is 6. The van der Waals surface area contributed by atoms with Crippen LogP contribution in [0.25, 0.3) is 0 Å². The van der Waals surface area contributed by atoms with Gasteiger partial charge in [0.1, 0.15) is 0 Å². The van der Waals surface area contributed by atoms with Gasteiger partial charge in [-0.25, -0.2) is 0 Å². The smallest absolute Gasteiger partial charge is 0.376 e. The minimum absolute atomic E-state index is 0.0805. The van der Waals surface area contributed by atoms with Gasteiger partial charge in [-0.3, -0.25) is 14.5 Å². The minimum Gasteiger partial charge on any atom is -0.376 e. The number of primary amides is 1. The van der Waals surface area contributed by atoms with Crippen molar-refractivity contribution in [1.82, 2.24) is 10.2 Å². The average Bonchev–Trinajstić information content (AvgIpc) is 3.47. The number of hydrogen-bond donors (Lipinski definition) is 2. The van der Waals surface area contributed by atoms with E-state index in [1.807, 2.05) is 0 Å². The Kier molecular flexibility index (Phi) is 8.32. The van der Waals surface area contributed by atoms with Crippen molar-refractivity contribution in [2.75, 3.05) is 26.2 Å². The van der Waals surface area contributed by atoms with E-state index >= 15 is 0 Å². The molecule has 6 nitrogen and oxygen atoms in total. The molecule has 3 fully saturated rings. The quantitative estimate of drug-likeness (QED) is 0.450. The Labute approximate surface area is 217 Å². The summed E-state index contributed by atoms with van der Waals surface area (Å²) in [5, 5.41) is 2.81. The number of nitrogens with two attached hydrogens (primary N) is 1. The van der Waals surface area contributed by atoms with Crippen LogP contribution in [0, 0.1) is 11.3 Å². The lowest BCUT2D eigenvalue weighted by Crippen LogP contribution is -2.55. The number of alkyl halides is 6. The first-order valence-corrected chi connectivity index (χ1v) is 13.0. The Morgan fingerprint density at radius 1 is 1.05 bits per heavy atom. The summed E-state index contributed by atoms with van der Waals surface area (Å²) >= 11 is 0. The molecule has 0 radical (unpaired) electrons. The molecular formula is C26H33F6N3O3. The predicted molar refractivity (Wildman–Crippen MR) is 126 cm³/mol. The molecule has 1 aromatic carbocycles. The lowest BCUT2D eigenvalue weighted by Gasteiger charge is -2.45. The maximum atomic E-state index is 13.5. The van der Waals surface area contributed by atoms with Crippen molar-refractivity contribution in [3.63, 3.8) is 0 Å². The number of carbonyl (C=O) groups excluding carboxylic acids is 2. The van der Waals surface area contributed by atoms with Crippen molar-refractivity contribution in [3.8, 4) is 0 Å². The van der Waals surface area contributed by atoms with Gasteiger partial charge in [0.2, 0.25) is 11.8 Å². The largest absolute Gasteiger partial charge is 0.416 e. The predicted octanol–water partition coefficient (Wildman–Crippen LogP) is 4.30. The Hall–Kier alpha value is -2.34. The van der Waals surface area contributed by atoms with Crippen molar-refractivity contribution in [1.29, 1.82) is 0 Å². The normalized spacial score (nSPS) is 26.9.